The lowest BCUT2D eigenvalue weighted by Gasteiger charge is -2.27. The van der Waals surface area contributed by atoms with Crippen molar-refractivity contribution in [2.45, 2.75) is 38.6 Å². The molecule has 1 heterocycles. The van der Waals surface area contributed by atoms with Gasteiger partial charge in [-0.05, 0) is 55.9 Å². The van der Waals surface area contributed by atoms with Gasteiger partial charge in [0, 0.05) is 12.6 Å². The molecule has 1 unspecified atom stereocenters. The molecule has 7 heteroatoms. The Hall–Kier alpha value is -1.76. The van der Waals surface area contributed by atoms with Gasteiger partial charge >= 0.3 is 6.03 Å². The molecule has 3 rings (SSSR count). The highest BCUT2D eigenvalue weighted by Crippen LogP contribution is 2.25. The number of benzene rings is 1. The van der Waals surface area contributed by atoms with Gasteiger partial charge < -0.3 is 15.0 Å². The quantitative estimate of drug-likeness (QED) is 0.779. The molecule has 1 aliphatic heterocycles. The summed E-state index contributed by atoms with van der Waals surface area (Å²) in [6, 6.07) is 5.75. The van der Waals surface area contributed by atoms with Gasteiger partial charge in [-0.25, -0.2) is 13.2 Å². The van der Waals surface area contributed by atoms with Crippen LogP contribution in [0.15, 0.2) is 18.2 Å². The molecule has 0 bridgehead atoms. The Morgan fingerprint density at radius 3 is 2.84 bits per heavy atom. The summed E-state index contributed by atoms with van der Waals surface area (Å²) in [7, 11) is -3.00. The lowest BCUT2D eigenvalue weighted by atomic mass is 10.1. The van der Waals surface area contributed by atoms with Crippen molar-refractivity contribution in [3.8, 4) is 5.75 Å². The molecule has 2 amide bonds. The second-order valence-corrected chi connectivity index (χ2v) is 8.94. The summed E-state index contributed by atoms with van der Waals surface area (Å²) in [5.74, 6) is 1.08. The third-order valence-corrected chi connectivity index (χ3v) is 6.72. The molecular formula is C18H26N2O4S. The first-order valence-electron chi connectivity index (χ1n) is 8.98. The zero-order valence-electron chi connectivity index (χ0n) is 14.7. The highest BCUT2D eigenvalue weighted by molar-refractivity contribution is 7.91. The summed E-state index contributed by atoms with van der Waals surface area (Å²) in [6.45, 7) is 3.15. The number of urea groups is 1. The molecule has 138 valence electrons. The number of rotatable bonds is 6. The topological polar surface area (TPSA) is 75.7 Å². The second-order valence-electron chi connectivity index (χ2n) is 6.71. The van der Waals surface area contributed by atoms with Gasteiger partial charge in [-0.3, -0.25) is 0 Å². The second kappa shape index (κ2) is 7.64. The first-order chi connectivity index (χ1) is 12.0. The van der Waals surface area contributed by atoms with Crippen molar-refractivity contribution in [3.63, 3.8) is 0 Å². The molecule has 0 radical (unpaired) electrons. The maximum absolute atomic E-state index is 12.3. The predicted molar refractivity (Wildman–Crippen MR) is 96.8 cm³/mol. The van der Waals surface area contributed by atoms with Crippen molar-refractivity contribution in [2.24, 2.45) is 0 Å². The van der Waals surface area contributed by atoms with Gasteiger partial charge in [0.1, 0.15) is 12.4 Å². The molecule has 6 nitrogen and oxygen atoms in total. The van der Waals surface area contributed by atoms with Crippen LogP contribution in [0.25, 0.3) is 0 Å². The maximum Gasteiger partial charge on any atom is 0.317 e. The van der Waals surface area contributed by atoms with E-state index in [9.17, 15) is 13.2 Å². The van der Waals surface area contributed by atoms with E-state index in [0.29, 0.717) is 26.1 Å². The normalized spacial score (nSPS) is 20.9. The van der Waals surface area contributed by atoms with E-state index in [-0.39, 0.29) is 23.6 Å². The van der Waals surface area contributed by atoms with Crippen LogP contribution < -0.4 is 10.1 Å². The van der Waals surface area contributed by atoms with Crippen molar-refractivity contribution in [2.75, 3.05) is 31.2 Å². The number of hydrogen-bond donors (Lipinski definition) is 1. The molecule has 0 saturated carbocycles. The molecule has 1 aliphatic carbocycles. The van der Waals surface area contributed by atoms with Crippen LogP contribution in [0.1, 0.15) is 30.9 Å². The van der Waals surface area contributed by atoms with Crippen molar-refractivity contribution in [1.29, 1.82) is 0 Å². The lowest BCUT2D eigenvalue weighted by molar-refractivity contribution is 0.181. The maximum atomic E-state index is 12.3. The number of ether oxygens (including phenoxy) is 1. The molecule has 1 aromatic rings. The van der Waals surface area contributed by atoms with Gasteiger partial charge in [-0.1, -0.05) is 6.07 Å². The average molecular weight is 366 g/mol. The summed E-state index contributed by atoms with van der Waals surface area (Å²) in [6.07, 6.45) is 3.99. The van der Waals surface area contributed by atoms with E-state index in [1.807, 2.05) is 13.0 Å². The SMILES string of the molecule is CCN(C(=O)NCCOc1ccc2c(c1)CCC2)C1CCS(=O)(=O)C1. The average Bonchev–Trinajstić information content (AvgIpc) is 3.18. The molecule has 1 N–H and O–H groups in total. The number of amides is 2. The van der Waals surface area contributed by atoms with Crippen LogP contribution in [0.3, 0.4) is 0 Å². The molecule has 1 saturated heterocycles. The third kappa shape index (κ3) is 4.45. The Bertz CT molecular complexity index is 733. The fraction of sp³-hybridized carbons (Fsp3) is 0.611. The fourth-order valence-electron chi connectivity index (χ4n) is 3.66. The number of sulfone groups is 1. The smallest absolute Gasteiger partial charge is 0.317 e. The number of carbonyl (C=O) groups is 1. The minimum Gasteiger partial charge on any atom is -0.492 e. The van der Waals surface area contributed by atoms with E-state index in [1.165, 1.54) is 17.5 Å². The van der Waals surface area contributed by atoms with E-state index in [1.54, 1.807) is 4.90 Å². The summed E-state index contributed by atoms with van der Waals surface area (Å²) >= 11 is 0. The Morgan fingerprint density at radius 1 is 1.32 bits per heavy atom. The van der Waals surface area contributed by atoms with Gasteiger partial charge in [-0.15, -0.1) is 0 Å². The lowest BCUT2D eigenvalue weighted by Crippen LogP contribution is -2.47. The van der Waals surface area contributed by atoms with Crippen LogP contribution in [0.5, 0.6) is 5.75 Å². The van der Waals surface area contributed by atoms with Gasteiger partial charge in [0.25, 0.3) is 0 Å². The minimum atomic E-state index is -3.00. The number of fused-ring (bicyclic) bond motifs is 1. The van der Waals surface area contributed by atoms with Gasteiger partial charge in [-0.2, -0.15) is 0 Å². The van der Waals surface area contributed by atoms with Crippen LogP contribution in [-0.4, -0.2) is 56.6 Å². The minimum absolute atomic E-state index is 0.0693. The molecule has 0 aromatic heterocycles. The third-order valence-electron chi connectivity index (χ3n) is 4.97. The zero-order chi connectivity index (χ0) is 17.9. The van der Waals surface area contributed by atoms with Gasteiger partial charge in [0.2, 0.25) is 0 Å². The van der Waals surface area contributed by atoms with Crippen molar-refractivity contribution < 1.29 is 17.9 Å². The molecule has 1 fully saturated rings. The van der Waals surface area contributed by atoms with E-state index in [2.05, 4.69) is 17.4 Å². The number of aryl methyl sites for hydroxylation is 2. The number of carbonyl (C=O) groups excluding carboxylic acids is 1. The summed E-state index contributed by atoms with van der Waals surface area (Å²) in [5, 5.41) is 2.83. The van der Waals surface area contributed by atoms with Gasteiger partial charge in [0.15, 0.2) is 9.84 Å². The summed E-state index contributed by atoms with van der Waals surface area (Å²) in [5.41, 5.74) is 2.77. The van der Waals surface area contributed by atoms with Crippen LogP contribution >= 0.6 is 0 Å². The highest BCUT2D eigenvalue weighted by atomic mass is 32.2. The van der Waals surface area contributed by atoms with E-state index in [0.717, 1.165) is 18.6 Å². The first-order valence-corrected chi connectivity index (χ1v) is 10.8. The monoisotopic (exact) mass is 366 g/mol. The van der Waals surface area contributed by atoms with Gasteiger partial charge in [0.05, 0.1) is 18.1 Å². The Kier molecular flexibility index (Phi) is 5.51. The molecule has 25 heavy (non-hydrogen) atoms. The van der Waals surface area contributed by atoms with Crippen LogP contribution in [-0.2, 0) is 22.7 Å². The van der Waals surface area contributed by atoms with E-state index in [4.69, 9.17) is 4.74 Å². The number of hydrogen-bond acceptors (Lipinski definition) is 4. The summed E-state index contributed by atoms with van der Waals surface area (Å²) in [4.78, 5) is 13.9. The van der Waals surface area contributed by atoms with Crippen LogP contribution in [0.2, 0.25) is 0 Å². The van der Waals surface area contributed by atoms with E-state index < -0.39 is 9.84 Å². The zero-order valence-corrected chi connectivity index (χ0v) is 15.5. The van der Waals surface area contributed by atoms with Crippen LogP contribution in [0, 0.1) is 0 Å². The predicted octanol–water partition coefficient (Wildman–Crippen LogP) is 1.77. The first kappa shape index (κ1) is 18.0. The standard InChI is InChI=1S/C18H26N2O4S/c1-2-20(16-8-11-25(22,23)13-16)18(21)19-9-10-24-17-7-6-14-4-3-5-15(14)12-17/h6-7,12,16H,2-5,8-11,13H2,1H3,(H,19,21). The molecule has 1 aromatic carbocycles. The molecule has 1 atom stereocenters. The Balaban J connectivity index is 1.44. The molecule has 2 aliphatic rings. The Morgan fingerprint density at radius 2 is 2.12 bits per heavy atom. The largest absolute Gasteiger partial charge is 0.492 e. The number of nitrogens with zero attached hydrogens (tertiary/aromatic N) is 1. The van der Waals surface area contributed by atoms with Crippen molar-refractivity contribution in [3.05, 3.63) is 29.3 Å². The number of nitrogens with one attached hydrogen (secondary N) is 1. The van der Waals surface area contributed by atoms with Crippen LogP contribution in [0.4, 0.5) is 4.79 Å². The highest BCUT2D eigenvalue weighted by Gasteiger charge is 2.33. The fourth-order valence-corrected chi connectivity index (χ4v) is 5.39. The summed E-state index contributed by atoms with van der Waals surface area (Å²) < 4.78 is 28.9. The molecule has 0 spiro atoms. The van der Waals surface area contributed by atoms with E-state index >= 15 is 0 Å². The molecular weight excluding hydrogens is 340 g/mol. The van der Waals surface area contributed by atoms with Crippen molar-refractivity contribution in [1.82, 2.24) is 10.2 Å². The van der Waals surface area contributed by atoms with Crippen molar-refractivity contribution >= 4 is 15.9 Å². The Labute approximate surface area is 149 Å².